The van der Waals surface area contributed by atoms with Gasteiger partial charge >= 0.3 is 0 Å². The normalized spacial score (nSPS) is 13.1. The molecule has 1 aliphatic heterocycles. The van der Waals surface area contributed by atoms with Gasteiger partial charge < -0.3 is 17.0 Å². The zero-order valence-electron chi connectivity index (χ0n) is 12.1. The molecule has 0 saturated carbocycles. The minimum absolute atomic E-state index is 0. The van der Waals surface area contributed by atoms with Crippen molar-refractivity contribution in [3.63, 3.8) is 0 Å². The standard InChI is InChI=1S/C18H12N2O2.BrH/c21-17-14-5-1-3-13-4-2-6-15(16(13)14)18(22)20(17)11-12-7-9-19-10-8-12;/h1-10H,11H2;1H. The van der Waals surface area contributed by atoms with E-state index in [0.29, 0.717) is 11.1 Å². The molecule has 2 heterocycles. The fourth-order valence-corrected chi connectivity index (χ4v) is 2.93. The number of carbonyl (C=O) groups excluding carboxylic acids is 2. The zero-order chi connectivity index (χ0) is 15.1. The summed E-state index contributed by atoms with van der Waals surface area (Å²) in [5.41, 5.74) is 2.09. The quantitative estimate of drug-likeness (QED) is 0.570. The first-order chi connectivity index (χ1) is 10.8. The van der Waals surface area contributed by atoms with Crippen LogP contribution in [0.15, 0.2) is 60.9 Å². The molecule has 1 aliphatic rings. The largest absolute Gasteiger partial charge is 1.00 e. The van der Waals surface area contributed by atoms with Crippen LogP contribution >= 0.6 is 0 Å². The molecule has 0 saturated heterocycles. The third kappa shape index (κ3) is 2.43. The van der Waals surface area contributed by atoms with Crippen LogP contribution in [-0.2, 0) is 6.54 Å². The Morgan fingerprint density at radius 2 is 1.39 bits per heavy atom. The molecule has 0 fully saturated rings. The highest BCUT2D eigenvalue weighted by atomic mass is 79.9. The first kappa shape index (κ1) is 15.4. The summed E-state index contributed by atoms with van der Waals surface area (Å²) in [4.78, 5) is 29.7. The second-order valence-corrected chi connectivity index (χ2v) is 5.31. The molecule has 2 aromatic carbocycles. The molecule has 0 spiro atoms. The summed E-state index contributed by atoms with van der Waals surface area (Å²) in [5, 5.41) is 1.68. The molecule has 1 aromatic heterocycles. The third-order valence-electron chi connectivity index (χ3n) is 3.98. The van der Waals surface area contributed by atoms with Crippen LogP contribution in [0.1, 0.15) is 26.3 Å². The minimum Gasteiger partial charge on any atom is -1.00 e. The highest BCUT2D eigenvalue weighted by Crippen LogP contribution is 2.30. The van der Waals surface area contributed by atoms with Gasteiger partial charge in [-0.2, -0.15) is 0 Å². The maximum Gasteiger partial charge on any atom is 0.261 e. The summed E-state index contributed by atoms with van der Waals surface area (Å²) < 4.78 is 0. The number of H-pyrrole nitrogens is 1. The predicted octanol–water partition coefficient (Wildman–Crippen LogP) is -0.546. The van der Waals surface area contributed by atoms with E-state index < -0.39 is 0 Å². The molecular weight excluding hydrogens is 356 g/mol. The van der Waals surface area contributed by atoms with Gasteiger partial charge in [0.1, 0.15) is 0 Å². The van der Waals surface area contributed by atoms with Gasteiger partial charge in [0.05, 0.1) is 6.54 Å². The van der Waals surface area contributed by atoms with E-state index in [1.54, 1.807) is 24.5 Å². The van der Waals surface area contributed by atoms with Crippen molar-refractivity contribution in [2.45, 2.75) is 6.54 Å². The van der Waals surface area contributed by atoms with E-state index in [1.165, 1.54) is 4.90 Å². The maximum atomic E-state index is 12.7. The zero-order valence-corrected chi connectivity index (χ0v) is 13.7. The lowest BCUT2D eigenvalue weighted by molar-refractivity contribution is -0.378. The third-order valence-corrected chi connectivity index (χ3v) is 3.98. The number of rotatable bonds is 2. The van der Waals surface area contributed by atoms with Gasteiger partial charge in [-0.05, 0) is 23.1 Å². The van der Waals surface area contributed by atoms with Crippen molar-refractivity contribution in [1.82, 2.24) is 4.90 Å². The number of aromatic nitrogens is 1. The number of hydrogen-bond donors (Lipinski definition) is 0. The molecule has 0 aliphatic carbocycles. The number of halogens is 1. The van der Waals surface area contributed by atoms with Crippen molar-refractivity contribution in [2.75, 3.05) is 0 Å². The smallest absolute Gasteiger partial charge is 0.261 e. The highest BCUT2D eigenvalue weighted by Gasteiger charge is 2.32. The molecule has 4 rings (SSSR count). The second-order valence-electron chi connectivity index (χ2n) is 5.31. The second kappa shape index (κ2) is 5.93. The van der Waals surface area contributed by atoms with E-state index in [2.05, 4.69) is 4.98 Å². The van der Waals surface area contributed by atoms with Gasteiger partial charge in [0.15, 0.2) is 12.4 Å². The number of carbonyl (C=O) groups is 2. The molecule has 5 heteroatoms. The minimum atomic E-state index is -0.234. The van der Waals surface area contributed by atoms with Crippen molar-refractivity contribution in [3.05, 3.63) is 77.6 Å². The monoisotopic (exact) mass is 368 g/mol. The molecule has 4 nitrogen and oxygen atoms in total. The van der Waals surface area contributed by atoms with E-state index in [9.17, 15) is 9.59 Å². The summed E-state index contributed by atoms with van der Waals surface area (Å²) in [6.07, 6.45) is 3.56. The number of nitrogens with zero attached hydrogens (tertiary/aromatic N) is 1. The van der Waals surface area contributed by atoms with Crippen LogP contribution in [0.5, 0.6) is 0 Å². The number of imide groups is 1. The van der Waals surface area contributed by atoms with E-state index in [1.807, 2.05) is 36.4 Å². The average Bonchev–Trinajstić information content (AvgIpc) is 2.57. The van der Waals surface area contributed by atoms with E-state index in [4.69, 9.17) is 0 Å². The molecule has 0 radical (unpaired) electrons. The molecule has 1 N–H and O–H groups in total. The molecular formula is C18H13BrN2O2. The van der Waals surface area contributed by atoms with Crippen LogP contribution in [0.4, 0.5) is 0 Å². The van der Waals surface area contributed by atoms with Gasteiger partial charge in [0, 0.05) is 28.6 Å². The molecule has 23 heavy (non-hydrogen) atoms. The first-order valence-electron chi connectivity index (χ1n) is 7.08. The Bertz CT molecular complexity index is 859. The maximum absolute atomic E-state index is 12.7. The molecule has 0 bridgehead atoms. The lowest BCUT2D eigenvalue weighted by Crippen LogP contribution is -3.00. The van der Waals surface area contributed by atoms with Gasteiger partial charge in [-0.3, -0.25) is 14.5 Å². The van der Waals surface area contributed by atoms with Gasteiger partial charge in [-0.25, -0.2) is 4.98 Å². The Morgan fingerprint density at radius 1 is 0.826 bits per heavy atom. The van der Waals surface area contributed by atoms with E-state index in [0.717, 1.165) is 16.3 Å². The van der Waals surface area contributed by atoms with Crippen LogP contribution in [0.25, 0.3) is 10.8 Å². The van der Waals surface area contributed by atoms with Crippen LogP contribution in [0.2, 0.25) is 0 Å². The summed E-state index contributed by atoms with van der Waals surface area (Å²) in [6.45, 7) is 0.275. The van der Waals surface area contributed by atoms with Gasteiger partial charge in [-0.15, -0.1) is 0 Å². The van der Waals surface area contributed by atoms with Crippen molar-refractivity contribution in [1.29, 1.82) is 0 Å². The van der Waals surface area contributed by atoms with Crippen LogP contribution in [0, 0.1) is 0 Å². The van der Waals surface area contributed by atoms with Crippen LogP contribution < -0.4 is 22.0 Å². The van der Waals surface area contributed by atoms with Gasteiger partial charge in [0.2, 0.25) is 0 Å². The van der Waals surface area contributed by atoms with Crippen LogP contribution in [-0.4, -0.2) is 16.7 Å². The Morgan fingerprint density at radius 3 is 1.96 bits per heavy atom. The summed E-state index contributed by atoms with van der Waals surface area (Å²) >= 11 is 0. The SMILES string of the molecule is O=C1c2cccc3cccc(c23)C(=O)N1Cc1cc[nH+]cc1.[Br-]. The average molecular weight is 369 g/mol. The van der Waals surface area contributed by atoms with Crippen molar-refractivity contribution >= 4 is 22.6 Å². The Labute approximate surface area is 143 Å². The summed E-state index contributed by atoms with van der Waals surface area (Å²) in [5.74, 6) is -0.468. The number of pyridine rings is 1. The van der Waals surface area contributed by atoms with E-state index >= 15 is 0 Å². The molecule has 0 atom stereocenters. The summed E-state index contributed by atoms with van der Waals surface area (Å²) in [6, 6.07) is 14.8. The van der Waals surface area contributed by atoms with Crippen molar-refractivity contribution < 1.29 is 31.6 Å². The number of aromatic amines is 1. The number of amides is 2. The Balaban J connectivity index is 0.00000156. The molecule has 2 amide bonds. The molecule has 3 aromatic rings. The molecule has 114 valence electrons. The Hall–Kier alpha value is -2.53. The lowest BCUT2D eigenvalue weighted by Gasteiger charge is -2.27. The van der Waals surface area contributed by atoms with Crippen molar-refractivity contribution in [2.24, 2.45) is 0 Å². The number of benzene rings is 2. The fourth-order valence-electron chi connectivity index (χ4n) is 2.93. The molecule has 0 unspecified atom stereocenters. The number of nitrogens with one attached hydrogen (secondary N) is 1. The Kier molecular flexibility index (Phi) is 3.96. The first-order valence-corrected chi connectivity index (χ1v) is 7.08. The van der Waals surface area contributed by atoms with E-state index in [-0.39, 0.29) is 35.3 Å². The predicted molar refractivity (Wildman–Crippen MR) is 81.1 cm³/mol. The lowest BCUT2D eigenvalue weighted by atomic mass is 9.94. The van der Waals surface area contributed by atoms with Gasteiger partial charge in [-0.1, -0.05) is 24.3 Å². The van der Waals surface area contributed by atoms with Crippen molar-refractivity contribution in [3.8, 4) is 0 Å². The van der Waals surface area contributed by atoms with Gasteiger partial charge in [0.25, 0.3) is 11.8 Å². The fraction of sp³-hybridized carbons (Fsp3) is 0.0556. The topological polar surface area (TPSA) is 51.5 Å². The summed E-state index contributed by atoms with van der Waals surface area (Å²) in [7, 11) is 0. The van der Waals surface area contributed by atoms with Crippen LogP contribution in [0.3, 0.4) is 0 Å². The highest BCUT2D eigenvalue weighted by molar-refractivity contribution is 6.25. The number of hydrogen-bond acceptors (Lipinski definition) is 2.